The third-order valence-electron chi connectivity index (χ3n) is 4.27. The SMILES string of the molecule is O=C(c1ccc2oc(=O)[nH]c2c1)N1CCN(c2ncccc2F)CC1. The fourth-order valence-corrected chi connectivity index (χ4v) is 3.00. The van der Waals surface area contributed by atoms with E-state index in [1.807, 2.05) is 4.90 Å². The number of nitrogens with one attached hydrogen (secondary N) is 1. The summed E-state index contributed by atoms with van der Waals surface area (Å²) in [7, 11) is 0. The second-order valence-electron chi connectivity index (χ2n) is 5.81. The molecule has 0 atom stereocenters. The summed E-state index contributed by atoms with van der Waals surface area (Å²) in [5.41, 5.74) is 1.38. The van der Waals surface area contributed by atoms with E-state index in [-0.39, 0.29) is 11.7 Å². The first kappa shape index (κ1) is 15.4. The van der Waals surface area contributed by atoms with Gasteiger partial charge in [0, 0.05) is 37.9 Å². The van der Waals surface area contributed by atoms with Gasteiger partial charge >= 0.3 is 5.76 Å². The number of carbonyl (C=O) groups excluding carboxylic acids is 1. The number of aromatic nitrogens is 2. The number of aromatic amines is 1. The van der Waals surface area contributed by atoms with Crippen molar-refractivity contribution in [1.82, 2.24) is 14.9 Å². The van der Waals surface area contributed by atoms with Crippen LogP contribution < -0.4 is 10.7 Å². The van der Waals surface area contributed by atoms with Crippen LogP contribution in [-0.4, -0.2) is 47.0 Å². The van der Waals surface area contributed by atoms with Gasteiger partial charge in [-0.3, -0.25) is 9.78 Å². The van der Waals surface area contributed by atoms with E-state index in [1.54, 1.807) is 35.4 Å². The highest BCUT2D eigenvalue weighted by molar-refractivity contribution is 5.97. The van der Waals surface area contributed by atoms with E-state index in [4.69, 9.17) is 4.42 Å². The average molecular weight is 342 g/mol. The normalized spacial score (nSPS) is 14.9. The van der Waals surface area contributed by atoms with Gasteiger partial charge in [0.15, 0.2) is 17.2 Å². The number of halogens is 1. The van der Waals surface area contributed by atoms with E-state index >= 15 is 0 Å². The molecule has 8 heteroatoms. The molecule has 0 aliphatic carbocycles. The lowest BCUT2D eigenvalue weighted by Gasteiger charge is -2.35. The fraction of sp³-hybridized carbons (Fsp3) is 0.235. The smallest absolute Gasteiger partial charge is 0.408 e. The molecule has 1 aliphatic heterocycles. The van der Waals surface area contributed by atoms with Crippen molar-refractivity contribution in [1.29, 1.82) is 0 Å². The van der Waals surface area contributed by atoms with Crippen LogP contribution in [0.15, 0.2) is 45.7 Å². The third kappa shape index (κ3) is 2.86. The number of hydrogen-bond donors (Lipinski definition) is 1. The maximum Gasteiger partial charge on any atom is 0.417 e. The molecule has 1 N–H and O–H groups in total. The first-order valence-electron chi connectivity index (χ1n) is 7.89. The second-order valence-corrected chi connectivity index (χ2v) is 5.81. The van der Waals surface area contributed by atoms with E-state index in [1.165, 1.54) is 6.07 Å². The maximum absolute atomic E-state index is 13.8. The third-order valence-corrected chi connectivity index (χ3v) is 4.27. The molecule has 3 aromatic rings. The number of rotatable bonds is 2. The van der Waals surface area contributed by atoms with Gasteiger partial charge in [-0.1, -0.05) is 0 Å². The summed E-state index contributed by atoms with van der Waals surface area (Å²) in [5.74, 6) is -0.737. The highest BCUT2D eigenvalue weighted by atomic mass is 19.1. The minimum atomic E-state index is -0.550. The Balaban J connectivity index is 1.48. The molecule has 0 spiro atoms. The van der Waals surface area contributed by atoms with Crippen molar-refractivity contribution in [2.75, 3.05) is 31.1 Å². The Morgan fingerprint density at radius 1 is 1.20 bits per heavy atom. The number of hydrogen-bond acceptors (Lipinski definition) is 5. The zero-order valence-electron chi connectivity index (χ0n) is 13.2. The Morgan fingerprint density at radius 3 is 2.76 bits per heavy atom. The summed E-state index contributed by atoms with van der Waals surface area (Å²) in [6, 6.07) is 7.76. The monoisotopic (exact) mass is 342 g/mol. The van der Waals surface area contributed by atoms with Gasteiger partial charge in [-0.15, -0.1) is 0 Å². The predicted octanol–water partition coefficient (Wildman–Crippen LogP) is 1.62. The van der Waals surface area contributed by atoms with Crippen LogP contribution in [0.4, 0.5) is 10.2 Å². The molecule has 0 unspecified atom stereocenters. The van der Waals surface area contributed by atoms with Crippen molar-refractivity contribution in [3.05, 3.63) is 58.5 Å². The maximum atomic E-state index is 13.8. The first-order valence-corrected chi connectivity index (χ1v) is 7.89. The molecule has 0 saturated carbocycles. The molecule has 1 amide bonds. The number of H-pyrrole nitrogens is 1. The molecule has 0 bridgehead atoms. The molecule has 1 aromatic carbocycles. The van der Waals surface area contributed by atoms with Crippen molar-refractivity contribution < 1.29 is 13.6 Å². The van der Waals surface area contributed by atoms with Crippen LogP contribution in [0.2, 0.25) is 0 Å². The molecule has 2 aromatic heterocycles. The van der Waals surface area contributed by atoms with Crippen molar-refractivity contribution in [3.63, 3.8) is 0 Å². The van der Waals surface area contributed by atoms with E-state index in [2.05, 4.69) is 9.97 Å². The molecular formula is C17H15FN4O3. The number of oxazole rings is 1. The molecular weight excluding hydrogens is 327 g/mol. The lowest BCUT2D eigenvalue weighted by molar-refractivity contribution is 0.0746. The van der Waals surface area contributed by atoms with Gasteiger partial charge in [0.25, 0.3) is 5.91 Å². The number of pyridine rings is 1. The van der Waals surface area contributed by atoms with Gasteiger partial charge in [0.2, 0.25) is 0 Å². The second kappa shape index (κ2) is 6.04. The van der Waals surface area contributed by atoms with Gasteiger partial charge in [-0.05, 0) is 30.3 Å². The Bertz CT molecular complexity index is 989. The number of piperazine rings is 1. The molecule has 128 valence electrons. The highest BCUT2D eigenvalue weighted by Crippen LogP contribution is 2.19. The molecule has 3 heterocycles. The van der Waals surface area contributed by atoms with Gasteiger partial charge < -0.3 is 14.2 Å². The summed E-state index contributed by atoms with van der Waals surface area (Å²) in [4.78, 5) is 34.0. The molecule has 1 fully saturated rings. The topological polar surface area (TPSA) is 82.4 Å². The van der Waals surface area contributed by atoms with Gasteiger partial charge in [0.05, 0.1) is 5.52 Å². The Hall–Kier alpha value is -3.16. The predicted molar refractivity (Wildman–Crippen MR) is 89.1 cm³/mol. The van der Waals surface area contributed by atoms with Crippen LogP contribution in [0.25, 0.3) is 11.1 Å². The Morgan fingerprint density at radius 2 is 2.00 bits per heavy atom. The summed E-state index contributed by atoms with van der Waals surface area (Å²) in [6.07, 6.45) is 1.55. The van der Waals surface area contributed by atoms with Crippen LogP contribution in [-0.2, 0) is 0 Å². The lowest BCUT2D eigenvalue weighted by Crippen LogP contribution is -2.49. The Labute approximate surface area is 141 Å². The molecule has 0 radical (unpaired) electrons. The van der Waals surface area contributed by atoms with Crippen molar-refractivity contribution in [2.24, 2.45) is 0 Å². The molecule has 25 heavy (non-hydrogen) atoms. The number of carbonyl (C=O) groups is 1. The van der Waals surface area contributed by atoms with Gasteiger partial charge in [0.1, 0.15) is 0 Å². The minimum absolute atomic E-state index is 0.134. The minimum Gasteiger partial charge on any atom is -0.408 e. The van der Waals surface area contributed by atoms with Gasteiger partial charge in [-0.25, -0.2) is 14.2 Å². The zero-order chi connectivity index (χ0) is 17.4. The summed E-state index contributed by atoms with van der Waals surface area (Å²) < 4.78 is 18.8. The number of nitrogens with zero attached hydrogens (tertiary/aromatic N) is 3. The fourth-order valence-electron chi connectivity index (χ4n) is 3.00. The largest absolute Gasteiger partial charge is 0.417 e. The summed E-state index contributed by atoms with van der Waals surface area (Å²) >= 11 is 0. The van der Waals surface area contributed by atoms with Crippen molar-refractivity contribution in [2.45, 2.75) is 0 Å². The van der Waals surface area contributed by atoms with Crippen LogP contribution in [0.3, 0.4) is 0 Å². The van der Waals surface area contributed by atoms with Crippen LogP contribution in [0, 0.1) is 5.82 Å². The van der Waals surface area contributed by atoms with Crippen molar-refractivity contribution in [3.8, 4) is 0 Å². The lowest BCUT2D eigenvalue weighted by atomic mass is 10.1. The molecule has 1 saturated heterocycles. The molecule has 7 nitrogen and oxygen atoms in total. The standard InChI is InChI=1S/C17H15FN4O3/c18-12-2-1-5-19-15(12)21-6-8-22(9-7-21)16(23)11-3-4-14-13(10-11)20-17(24)25-14/h1-5,10H,6-9H2,(H,20,24). The molecule has 1 aliphatic rings. The van der Waals surface area contributed by atoms with Crippen LogP contribution >= 0.6 is 0 Å². The van der Waals surface area contributed by atoms with E-state index < -0.39 is 5.76 Å². The number of anilines is 1. The summed E-state index contributed by atoms with van der Waals surface area (Å²) in [6.45, 7) is 1.94. The highest BCUT2D eigenvalue weighted by Gasteiger charge is 2.24. The van der Waals surface area contributed by atoms with E-state index in [0.717, 1.165) is 0 Å². The summed E-state index contributed by atoms with van der Waals surface area (Å²) in [5, 5.41) is 0. The number of benzene rings is 1. The molecule has 4 rings (SSSR count). The van der Waals surface area contributed by atoms with E-state index in [0.29, 0.717) is 48.7 Å². The first-order chi connectivity index (χ1) is 12.1. The zero-order valence-corrected chi connectivity index (χ0v) is 13.2. The van der Waals surface area contributed by atoms with Gasteiger partial charge in [-0.2, -0.15) is 0 Å². The number of amides is 1. The Kier molecular flexibility index (Phi) is 3.72. The van der Waals surface area contributed by atoms with Crippen molar-refractivity contribution >= 4 is 22.8 Å². The van der Waals surface area contributed by atoms with E-state index in [9.17, 15) is 14.0 Å². The van der Waals surface area contributed by atoms with Crippen LogP contribution in [0.1, 0.15) is 10.4 Å². The average Bonchev–Trinajstić information content (AvgIpc) is 3.01. The van der Waals surface area contributed by atoms with Crippen LogP contribution in [0.5, 0.6) is 0 Å². The number of fused-ring (bicyclic) bond motifs is 1. The quantitative estimate of drug-likeness (QED) is 0.765.